The van der Waals surface area contributed by atoms with E-state index < -0.39 is 0 Å². The van der Waals surface area contributed by atoms with Crippen molar-refractivity contribution in [3.63, 3.8) is 0 Å². The van der Waals surface area contributed by atoms with Gasteiger partial charge in [-0.05, 0) is 62.6 Å². The van der Waals surface area contributed by atoms with E-state index in [1.54, 1.807) is 4.90 Å². The van der Waals surface area contributed by atoms with Crippen molar-refractivity contribution in [2.75, 3.05) is 13.1 Å². The van der Waals surface area contributed by atoms with Gasteiger partial charge in [-0.1, -0.05) is 58.1 Å². The minimum atomic E-state index is -0.107. The second kappa shape index (κ2) is 10.3. The number of carbonyl (C=O) groups excluding carboxylic acids is 2. The number of rotatable bonds is 5. The third-order valence-corrected chi connectivity index (χ3v) is 7.23. The standard InChI is InChI=1S/C28H40N2O3/c1-19(2)33-24-14-12-22(13-15-24)25-26(29-17-20(3)16-21(4)18-29)28(32)30(27(25)31)23-10-8-6-5-7-9-11-23/h12-15,19-21,23H,5-11,16-18H2,1-4H3. The van der Waals surface area contributed by atoms with Crippen LogP contribution in [-0.4, -0.2) is 46.8 Å². The van der Waals surface area contributed by atoms with Crippen LogP contribution in [0.2, 0.25) is 0 Å². The fraction of sp³-hybridized carbons (Fsp3) is 0.643. The number of hydrogen-bond donors (Lipinski definition) is 0. The first kappa shape index (κ1) is 23.8. The minimum Gasteiger partial charge on any atom is -0.491 e. The zero-order valence-electron chi connectivity index (χ0n) is 20.8. The lowest BCUT2D eigenvalue weighted by Gasteiger charge is -2.37. The molecule has 5 nitrogen and oxygen atoms in total. The van der Waals surface area contributed by atoms with Crippen molar-refractivity contribution in [1.29, 1.82) is 0 Å². The Morgan fingerprint density at radius 2 is 1.42 bits per heavy atom. The largest absolute Gasteiger partial charge is 0.491 e. The highest BCUT2D eigenvalue weighted by molar-refractivity contribution is 6.35. The van der Waals surface area contributed by atoms with Crippen molar-refractivity contribution in [2.24, 2.45) is 11.8 Å². The van der Waals surface area contributed by atoms with Gasteiger partial charge in [0.1, 0.15) is 11.4 Å². The van der Waals surface area contributed by atoms with Gasteiger partial charge in [0.15, 0.2) is 0 Å². The predicted octanol–water partition coefficient (Wildman–Crippen LogP) is 5.64. The van der Waals surface area contributed by atoms with Crippen molar-refractivity contribution in [2.45, 2.75) is 91.2 Å². The van der Waals surface area contributed by atoms with Gasteiger partial charge in [-0.3, -0.25) is 14.5 Å². The minimum absolute atomic E-state index is 0.0148. The lowest BCUT2D eigenvalue weighted by Crippen LogP contribution is -2.45. The number of carbonyl (C=O) groups is 2. The molecule has 0 radical (unpaired) electrons. The van der Waals surface area contributed by atoms with Crippen molar-refractivity contribution in [3.8, 4) is 5.75 Å². The van der Waals surface area contributed by atoms with E-state index in [1.807, 2.05) is 38.1 Å². The van der Waals surface area contributed by atoms with E-state index in [0.717, 1.165) is 56.5 Å². The van der Waals surface area contributed by atoms with Crippen molar-refractivity contribution in [3.05, 3.63) is 35.5 Å². The summed E-state index contributed by atoms with van der Waals surface area (Å²) in [6, 6.07) is 7.73. The number of piperidine rings is 1. The maximum absolute atomic E-state index is 13.9. The Morgan fingerprint density at radius 1 is 0.848 bits per heavy atom. The molecule has 0 bridgehead atoms. The summed E-state index contributed by atoms with van der Waals surface area (Å²) >= 11 is 0. The predicted molar refractivity (Wildman–Crippen MR) is 132 cm³/mol. The molecular formula is C28H40N2O3. The van der Waals surface area contributed by atoms with Gasteiger partial charge < -0.3 is 9.64 Å². The SMILES string of the molecule is CC1CC(C)CN(C2=C(c3ccc(OC(C)C)cc3)C(=O)N(C3CCCCCCC3)C2=O)C1. The van der Waals surface area contributed by atoms with Crippen LogP contribution in [0.5, 0.6) is 5.75 Å². The summed E-state index contributed by atoms with van der Waals surface area (Å²) in [6.07, 6.45) is 8.92. The molecule has 1 aliphatic carbocycles. The Bertz CT molecular complexity index is 871. The van der Waals surface area contributed by atoms with Gasteiger partial charge in [-0.15, -0.1) is 0 Å². The Labute approximate surface area is 199 Å². The van der Waals surface area contributed by atoms with Crippen molar-refractivity contribution in [1.82, 2.24) is 9.80 Å². The first-order valence-corrected chi connectivity index (χ1v) is 13.0. The van der Waals surface area contributed by atoms with E-state index in [-0.39, 0.29) is 24.0 Å². The molecule has 2 aliphatic heterocycles. The molecule has 4 rings (SSSR count). The highest BCUT2D eigenvalue weighted by Crippen LogP contribution is 2.38. The van der Waals surface area contributed by atoms with Crippen LogP contribution in [0.15, 0.2) is 30.0 Å². The molecule has 0 aromatic heterocycles. The number of ether oxygens (including phenoxy) is 1. The molecule has 1 aromatic rings. The molecule has 33 heavy (non-hydrogen) atoms. The Morgan fingerprint density at radius 3 is 2.00 bits per heavy atom. The highest BCUT2D eigenvalue weighted by Gasteiger charge is 2.45. The van der Waals surface area contributed by atoms with E-state index in [9.17, 15) is 9.59 Å². The van der Waals surface area contributed by atoms with Gasteiger partial charge >= 0.3 is 0 Å². The first-order valence-electron chi connectivity index (χ1n) is 13.0. The fourth-order valence-electron chi connectivity index (χ4n) is 5.93. The molecule has 2 atom stereocenters. The molecule has 180 valence electrons. The molecule has 2 amide bonds. The molecule has 1 saturated heterocycles. The summed E-state index contributed by atoms with van der Waals surface area (Å²) in [7, 11) is 0. The molecule has 5 heteroatoms. The Hall–Kier alpha value is -2.30. The van der Waals surface area contributed by atoms with Crippen molar-refractivity contribution >= 4 is 17.4 Å². The van der Waals surface area contributed by atoms with Gasteiger partial charge in [-0.25, -0.2) is 0 Å². The summed E-state index contributed by atoms with van der Waals surface area (Å²) in [5, 5.41) is 0. The molecule has 2 fully saturated rings. The molecule has 2 unspecified atom stereocenters. The zero-order chi connectivity index (χ0) is 23.5. The molecule has 2 heterocycles. The number of nitrogens with zero attached hydrogens (tertiary/aromatic N) is 2. The summed E-state index contributed by atoms with van der Waals surface area (Å²) < 4.78 is 5.80. The Kier molecular flexibility index (Phi) is 7.45. The lowest BCUT2D eigenvalue weighted by molar-refractivity contribution is -0.140. The maximum atomic E-state index is 13.9. The van der Waals surface area contributed by atoms with Crippen LogP contribution in [-0.2, 0) is 9.59 Å². The second-order valence-corrected chi connectivity index (χ2v) is 10.7. The van der Waals surface area contributed by atoms with Crippen LogP contribution in [0, 0.1) is 11.8 Å². The van der Waals surface area contributed by atoms with E-state index in [4.69, 9.17) is 4.74 Å². The number of imide groups is 1. The average molecular weight is 453 g/mol. The molecule has 0 N–H and O–H groups in total. The van der Waals surface area contributed by atoms with E-state index in [2.05, 4.69) is 18.7 Å². The van der Waals surface area contributed by atoms with Crippen molar-refractivity contribution < 1.29 is 14.3 Å². The maximum Gasteiger partial charge on any atom is 0.278 e. The summed E-state index contributed by atoms with van der Waals surface area (Å²) in [5.74, 6) is 1.60. The van der Waals surface area contributed by atoms with Gasteiger partial charge in [0.25, 0.3) is 11.8 Å². The quantitative estimate of drug-likeness (QED) is 0.542. The van der Waals surface area contributed by atoms with Crippen LogP contribution in [0.1, 0.15) is 84.6 Å². The van der Waals surface area contributed by atoms with Crippen LogP contribution < -0.4 is 4.74 Å². The van der Waals surface area contributed by atoms with Gasteiger partial charge in [0, 0.05) is 19.1 Å². The average Bonchev–Trinajstić information content (AvgIpc) is 2.98. The monoisotopic (exact) mass is 452 g/mol. The first-order chi connectivity index (χ1) is 15.8. The number of hydrogen-bond acceptors (Lipinski definition) is 4. The third-order valence-electron chi connectivity index (χ3n) is 7.23. The lowest BCUT2D eigenvalue weighted by atomic mass is 9.91. The van der Waals surface area contributed by atoms with Crippen LogP contribution >= 0.6 is 0 Å². The van der Waals surface area contributed by atoms with Crippen LogP contribution in [0.3, 0.4) is 0 Å². The fourth-order valence-corrected chi connectivity index (χ4v) is 5.93. The normalized spacial score (nSPS) is 25.6. The molecule has 1 saturated carbocycles. The summed E-state index contributed by atoms with van der Waals surface area (Å²) in [4.78, 5) is 31.6. The number of benzene rings is 1. The summed E-state index contributed by atoms with van der Waals surface area (Å²) in [6.45, 7) is 10.1. The van der Waals surface area contributed by atoms with E-state index in [1.165, 1.54) is 19.3 Å². The molecule has 0 spiro atoms. The van der Waals surface area contributed by atoms with E-state index >= 15 is 0 Å². The topological polar surface area (TPSA) is 49.9 Å². The summed E-state index contributed by atoms with van der Waals surface area (Å²) in [5.41, 5.74) is 2.02. The van der Waals surface area contributed by atoms with Crippen LogP contribution in [0.25, 0.3) is 5.57 Å². The number of likely N-dealkylation sites (tertiary alicyclic amines) is 1. The third kappa shape index (κ3) is 5.28. The molecule has 3 aliphatic rings. The second-order valence-electron chi connectivity index (χ2n) is 10.7. The van der Waals surface area contributed by atoms with Crippen LogP contribution in [0.4, 0.5) is 0 Å². The zero-order valence-corrected chi connectivity index (χ0v) is 20.8. The van der Waals surface area contributed by atoms with E-state index in [0.29, 0.717) is 23.1 Å². The van der Waals surface area contributed by atoms with Gasteiger partial charge in [-0.2, -0.15) is 0 Å². The smallest absolute Gasteiger partial charge is 0.278 e. The van der Waals surface area contributed by atoms with Gasteiger partial charge in [0.2, 0.25) is 0 Å². The molecular weight excluding hydrogens is 412 g/mol. The number of amides is 2. The Balaban J connectivity index is 1.71. The highest BCUT2D eigenvalue weighted by atomic mass is 16.5. The van der Waals surface area contributed by atoms with Gasteiger partial charge in [0.05, 0.1) is 11.7 Å². The molecule has 1 aromatic carbocycles.